The molecule has 3 aromatic rings. The van der Waals surface area contributed by atoms with E-state index in [1.165, 1.54) is 37.4 Å². The highest BCUT2D eigenvalue weighted by Gasteiger charge is 2.49. The summed E-state index contributed by atoms with van der Waals surface area (Å²) in [6, 6.07) is 8.85. The molecule has 9 nitrogen and oxygen atoms in total. The minimum absolute atomic E-state index is 0.00974. The molecule has 1 N–H and O–H groups in total. The second-order valence-corrected chi connectivity index (χ2v) is 8.93. The Kier molecular flexibility index (Phi) is 5.92. The van der Waals surface area contributed by atoms with Crippen molar-refractivity contribution in [1.82, 2.24) is 4.98 Å². The maximum atomic E-state index is 15.0. The fourth-order valence-corrected chi connectivity index (χ4v) is 5.15. The van der Waals surface area contributed by atoms with Gasteiger partial charge in [-0.15, -0.1) is 0 Å². The Morgan fingerprint density at radius 3 is 2.61 bits per heavy atom. The van der Waals surface area contributed by atoms with Gasteiger partial charge in [-0.3, -0.25) is 14.5 Å². The Bertz CT molecular complexity index is 1450. The van der Waals surface area contributed by atoms with Crippen LogP contribution in [0.2, 0.25) is 0 Å². The number of carbonyl (C=O) groups excluding carboxylic acids is 3. The van der Waals surface area contributed by atoms with Gasteiger partial charge in [0.15, 0.2) is 16.6 Å². The minimum atomic E-state index is -1.34. The number of aryl methyl sites for hydroxylation is 1. The number of ketones is 1. The third kappa shape index (κ3) is 3.77. The number of carbonyl (C=O) groups is 3. The molecule has 11 heteroatoms. The van der Waals surface area contributed by atoms with Crippen molar-refractivity contribution in [3.05, 3.63) is 75.6 Å². The molecule has 0 saturated carbocycles. The number of ether oxygens (including phenoxy) is 3. The van der Waals surface area contributed by atoms with E-state index >= 15 is 4.39 Å². The summed E-state index contributed by atoms with van der Waals surface area (Å²) >= 11 is 0.832. The summed E-state index contributed by atoms with van der Waals surface area (Å²) in [5.41, 5.74) is 0.115. The summed E-state index contributed by atoms with van der Waals surface area (Å²) < 4.78 is 30.9. The van der Waals surface area contributed by atoms with Gasteiger partial charge in [-0.2, -0.15) is 0 Å². The Morgan fingerprint density at radius 1 is 1.17 bits per heavy atom. The highest BCUT2D eigenvalue weighted by atomic mass is 32.1. The number of anilines is 1. The van der Waals surface area contributed by atoms with Crippen LogP contribution in [0.1, 0.15) is 32.5 Å². The van der Waals surface area contributed by atoms with Crippen LogP contribution in [-0.2, 0) is 14.3 Å². The number of rotatable bonds is 4. The third-order valence-electron chi connectivity index (χ3n) is 5.82. The van der Waals surface area contributed by atoms with Crippen LogP contribution < -0.4 is 14.4 Å². The van der Waals surface area contributed by atoms with Gasteiger partial charge in [0.1, 0.15) is 35.7 Å². The number of fused-ring (bicyclic) bond motifs is 1. The Morgan fingerprint density at radius 2 is 1.89 bits per heavy atom. The zero-order chi connectivity index (χ0) is 25.6. The van der Waals surface area contributed by atoms with E-state index in [1.54, 1.807) is 19.1 Å². The molecule has 1 fully saturated rings. The van der Waals surface area contributed by atoms with Gasteiger partial charge < -0.3 is 19.3 Å². The van der Waals surface area contributed by atoms with Crippen LogP contribution in [0.25, 0.3) is 5.76 Å². The van der Waals surface area contributed by atoms with E-state index in [0.717, 1.165) is 16.2 Å². The molecular formula is C25H19FN2O7S. The number of benzene rings is 2. The quantitative estimate of drug-likeness (QED) is 0.244. The number of halogens is 1. The zero-order valence-corrected chi connectivity index (χ0v) is 19.9. The summed E-state index contributed by atoms with van der Waals surface area (Å²) in [6.07, 6.45) is 0. The van der Waals surface area contributed by atoms with Gasteiger partial charge in [0.05, 0.1) is 18.4 Å². The van der Waals surface area contributed by atoms with Crippen molar-refractivity contribution in [1.29, 1.82) is 0 Å². The van der Waals surface area contributed by atoms with Crippen LogP contribution in [0.5, 0.6) is 11.5 Å². The van der Waals surface area contributed by atoms with Crippen molar-refractivity contribution in [2.24, 2.45) is 0 Å². The molecule has 1 saturated heterocycles. The maximum Gasteiger partial charge on any atom is 0.350 e. The smallest absolute Gasteiger partial charge is 0.350 e. The Balaban J connectivity index is 1.70. The van der Waals surface area contributed by atoms with Gasteiger partial charge in [0.25, 0.3) is 5.78 Å². The first-order valence-electron chi connectivity index (χ1n) is 10.8. The lowest BCUT2D eigenvalue weighted by Crippen LogP contribution is -2.29. The number of aliphatic hydroxyl groups is 1. The molecule has 2 aliphatic heterocycles. The average molecular weight is 510 g/mol. The van der Waals surface area contributed by atoms with E-state index in [0.29, 0.717) is 24.7 Å². The van der Waals surface area contributed by atoms with Gasteiger partial charge in [0, 0.05) is 11.1 Å². The van der Waals surface area contributed by atoms with Crippen LogP contribution in [0.15, 0.2) is 48.0 Å². The lowest BCUT2D eigenvalue weighted by molar-refractivity contribution is -0.132. The van der Waals surface area contributed by atoms with Gasteiger partial charge >= 0.3 is 11.9 Å². The molecule has 1 atom stereocenters. The summed E-state index contributed by atoms with van der Waals surface area (Å²) in [5, 5.41) is 11.2. The molecule has 1 aromatic heterocycles. The summed E-state index contributed by atoms with van der Waals surface area (Å²) in [5.74, 6) is -3.08. The predicted molar refractivity (Wildman–Crippen MR) is 127 cm³/mol. The molecule has 2 aromatic carbocycles. The normalized spacial score (nSPS) is 18.4. The number of aliphatic hydroxyl groups excluding tert-OH is 1. The first-order chi connectivity index (χ1) is 17.3. The van der Waals surface area contributed by atoms with E-state index in [1.807, 2.05) is 0 Å². The van der Waals surface area contributed by atoms with E-state index in [4.69, 9.17) is 14.2 Å². The molecule has 1 amide bonds. The monoisotopic (exact) mass is 510 g/mol. The van der Waals surface area contributed by atoms with E-state index in [9.17, 15) is 19.5 Å². The van der Waals surface area contributed by atoms with E-state index < -0.39 is 35.3 Å². The van der Waals surface area contributed by atoms with Gasteiger partial charge in [0.2, 0.25) is 0 Å². The first-order valence-corrected chi connectivity index (χ1v) is 11.6. The number of nitrogens with zero attached hydrogens (tertiary/aromatic N) is 2. The molecule has 184 valence electrons. The SMILES string of the molecule is COC(=O)c1sc(N2C(=O)C(=O)/C(=C(\O)c3ccc4c(c3)OCCO4)C2c2ccccc2F)nc1C. The second-order valence-electron chi connectivity index (χ2n) is 7.95. The van der Waals surface area contributed by atoms with E-state index in [2.05, 4.69) is 4.98 Å². The molecule has 1 unspecified atom stereocenters. The number of hydrogen-bond donors (Lipinski definition) is 1. The molecular weight excluding hydrogens is 491 g/mol. The molecule has 3 heterocycles. The van der Waals surface area contributed by atoms with Gasteiger partial charge in [-0.1, -0.05) is 29.5 Å². The number of Topliss-reactive ketones (excluding diaryl/α,β-unsaturated/α-hetero) is 1. The van der Waals surface area contributed by atoms with Crippen molar-refractivity contribution in [3.63, 3.8) is 0 Å². The molecule has 36 heavy (non-hydrogen) atoms. The Labute approximate surface area is 208 Å². The molecule has 0 aliphatic carbocycles. The second kappa shape index (κ2) is 9.08. The fourth-order valence-electron chi connectivity index (χ4n) is 4.13. The van der Waals surface area contributed by atoms with Crippen molar-refractivity contribution in [2.75, 3.05) is 25.2 Å². The molecule has 5 rings (SSSR count). The number of esters is 1. The van der Waals surface area contributed by atoms with Gasteiger partial charge in [-0.25, -0.2) is 14.2 Å². The summed E-state index contributed by atoms with van der Waals surface area (Å²) in [7, 11) is 1.21. The third-order valence-corrected chi connectivity index (χ3v) is 6.96. The van der Waals surface area contributed by atoms with Crippen LogP contribution >= 0.6 is 11.3 Å². The largest absolute Gasteiger partial charge is 0.507 e. The predicted octanol–water partition coefficient (Wildman–Crippen LogP) is 3.77. The maximum absolute atomic E-state index is 15.0. The number of aromatic nitrogens is 1. The van der Waals surface area contributed by atoms with Crippen LogP contribution in [0.3, 0.4) is 0 Å². The van der Waals surface area contributed by atoms with Crippen molar-refractivity contribution in [2.45, 2.75) is 13.0 Å². The van der Waals surface area contributed by atoms with Crippen LogP contribution in [0.4, 0.5) is 9.52 Å². The Hall–Kier alpha value is -4.25. The first kappa shape index (κ1) is 23.5. The number of thiazole rings is 1. The minimum Gasteiger partial charge on any atom is -0.507 e. The standard InChI is InChI=1S/C25H19FN2O7S/c1-12-22(24(32)33-2)36-25(27-12)28-19(14-5-3-4-6-15(14)26)18(21(30)23(28)31)20(29)13-7-8-16-17(11-13)35-10-9-34-16/h3-8,11,19,29H,9-10H2,1-2H3/b20-18-. The fraction of sp³-hybridized carbons (Fsp3) is 0.200. The van der Waals surface area contributed by atoms with Crippen LogP contribution in [-0.4, -0.2) is 48.1 Å². The molecule has 0 bridgehead atoms. The van der Waals surface area contributed by atoms with Crippen molar-refractivity contribution >= 4 is 39.9 Å². The number of amides is 1. The molecule has 0 radical (unpaired) electrons. The van der Waals surface area contributed by atoms with Crippen molar-refractivity contribution in [3.8, 4) is 11.5 Å². The van der Waals surface area contributed by atoms with Crippen LogP contribution in [0, 0.1) is 12.7 Å². The molecule has 0 spiro atoms. The topological polar surface area (TPSA) is 115 Å². The molecule has 2 aliphatic rings. The summed E-state index contributed by atoms with van der Waals surface area (Å²) in [6.45, 7) is 2.23. The highest BCUT2D eigenvalue weighted by Crippen LogP contribution is 2.45. The lowest BCUT2D eigenvalue weighted by atomic mass is 9.95. The summed E-state index contributed by atoms with van der Waals surface area (Å²) in [4.78, 5) is 44.1. The van der Waals surface area contributed by atoms with Crippen molar-refractivity contribution < 1.29 is 38.1 Å². The lowest BCUT2D eigenvalue weighted by Gasteiger charge is -2.23. The zero-order valence-electron chi connectivity index (χ0n) is 19.1. The number of hydrogen-bond acceptors (Lipinski definition) is 9. The number of methoxy groups -OCH3 is 1. The highest BCUT2D eigenvalue weighted by molar-refractivity contribution is 7.17. The van der Waals surface area contributed by atoms with Gasteiger partial charge in [-0.05, 0) is 31.2 Å². The van der Waals surface area contributed by atoms with E-state index in [-0.39, 0.29) is 32.4 Å². The average Bonchev–Trinajstić information content (AvgIpc) is 3.39.